The Bertz CT molecular complexity index is 1150. The van der Waals surface area contributed by atoms with Crippen LogP contribution in [0.2, 0.25) is 0 Å². The molecule has 0 aliphatic heterocycles. The highest BCUT2D eigenvalue weighted by Gasteiger charge is 2.25. The summed E-state index contributed by atoms with van der Waals surface area (Å²) in [7, 11) is -2.20. The largest absolute Gasteiger partial charge is 0.497 e. The van der Waals surface area contributed by atoms with Crippen molar-refractivity contribution in [2.24, 2.45) is 0 Å². The lowest BCUT2D eigenvalue weighted by Crippen LogP contribution is -2.20. The number of aryl methyl sites for hydroxylation is 1. The molecule has 1 N–H and O–H groups in total. The van der Waals surface area contributed by atoms with Gasteiger partial charge in [-0.25, -0.2) is 8.42 Å². The molecule has 3 rings (SSSR count). The summed E-state index contributed by atoms with van der Waals surface area (Å²) in [6, 6.07) is 18.0. The van der Waals surface area contributed by atoms with Gasteiger partial charge in [0.05, 0.1) is 12.8 Å². The highest BCUT2D eigenvalue weighted by molar-refractivity contribution is 7.93. The number of ether oxygens (including phenoxy) is 1. The Morgan fingerprint density at radius 2 is 1.80 bits per heavy atom. The van der Waals surface area contributed by atoms with Gasteiger partial charge < -0.3 is 4.74 Å². The molecule has 3 aromatic rings. The summed E-state index contributed by atoms with van der Waals surface area (Å²) >= 11 is 0. The fourth-order valence-corrected chi connectivity index (χ4v) is 4.43. The summed E-state index contributed by atoms with van der Waals surface area (Å²) in [5, 5.41) is -0.900. The molecule has 154 valence electrons. The van der Waals surface area contributed by atoms with Crippen molar-refractivity contribution in [3.63, 3.8) is 0 Å². The zero-order chi connectivity index (χ0) is 21.6. The topological polar surface area (TPSA) is 68.3 Å². The lowest BCUT2D eigenvalue weighted by atomic mass is 10.1. The minimum absolute atomic E-state index is 0.500. The van der Waals surface area contributed by atoms with Crippen molar-refractivity contribution in [2.75, 3.05) is 11.8 Å². The Morgan fingerprint density at radius 1 is 1.07 bits per heavy atom. The minimum atomic E-state index is -3.76. The number of nitrogens with one attached hydrogen (secondary N) is 1. The lowest BCUT2D eigenvalue weighted by Gasteiger charge is -2.17. The van der Waals surface area contributed by atoms with E-state index in [-0.39, 0.29) is 0 Å². The molecule has 0 radical (unpaired) electrons. The van der Waals surface area contributed by atoms with Gasteiger partial charge in [-0.1, -0.05) is 48.6 Å². The summed E-state index contributed by atoms with van der Waals surface area (Å²) in [6.07, 6.45) is 6.97. The van der Waals surface area contributed by atoms with Gasteiger partial charge in [-0.2, -0.15) is 0 Å². The van der Waals surface area contributed by atoms with Crippen LogP contribution in [0.3, 0.4) is 0 Å². The van der Waals surface area contributed by atoms with Gasteiger partial charge >= 0.3 is 0 Å². The van der Waals surface area contributed by atoms with Gasteiger partial charge in [0.15, 0.2) is 0 Å². The molecule has 1 unspecified atom stereocenters. The first-order valence-corrected chi connectivity index (χ1v) is 11.0. The molecule has 0 fully saturated rings. The number of methoxy groups -OCH3 is 1. The van der Waals surface area contributed by atoms with Crippen LogP contribution in [0.5, 0.6) is 5.75 Å². The van der Waals surface area contributed by atoms with Crippen molar-refractivity contribution in [1.82, 2.24) is 4.98 Å². The predicted molar refractivity (Wildman–Crippen MR) is 123 cm³/mol. The number of rotatable bonds is 8. The van der Waals surface area contributed by atoms with Crippen molar-refractivity contribution >= 4 is 27.9 Å². The van der Waals surface area contributed by atoms with Crippen LogP contribution in [0.4, 0.5) is 5.69 Å². The summed E-state index contributed by atoms with van der Waals surface area (Å²) < 4.78 is 34.1. The summed E-state index contributed by atoms with van der Waals surface area (Å²) in [6.45, 7) is 5.65. The fraction of sp³-hybridized carbons (Fsp3) is 0.125. The second kappa shape index (κ2) is 9.41. The van der Waals surface area contributed by atoms with Gasteiger partial charge in [-0.05, 0) is 53.9 Å². The molecule has 2 aromatic carbocycles. The number of nitrogens with zero attached hydrogens (tertiary/aromatic N) is 1. The van der Waals surface area contributed by atoms with E-state index in [2.05, 4.69) is 16.3 Å². The van der Waals surface area contributed by atoms with Crippen molar-refractivity contribution < 1.29 is 13.2 Å². The fourth-order valence-electron chi connectivity index (χ4n) is 3.04. The average Bonchev–Trinajstić information content (AvgIpc) is 2.74. The summed E-state index contributed by atoms with van der Waals surface area (Å²) in [5.41, 5.74) is 3.77. The third-order valence-electron chi connectivity index (χ3n) is 4.58. The van der Waals surface area contributed by atoms with Gasteiger partial charge in [0.2, 0.25) is 10.0 Å². The third-order valence-corrected chi connectivity index (χ3v) is 6.22. The molecule has 1 heterocycles. The van der Waals surface area contributed by atoms with E-state index in [1.807, 2.05) is 43.3 Å². The number of para-hydroxylation sites is 1. The quantitative estimate of drug-likeness (QED) is 0.506. The van der Waals surface area contributed by atoms with E-state index in [0.29, 0.717) is 17.0 Å². The highest BCUT2D eigenvalue weighted by atomic mass is 32.2. The molecule has 0 aliphatic rings. The molecule has 0 saturated carbocycles. The van der Waals surface area contributed by atoms with E-state index >= 15 is 0 Å². The van der Waals surface area contributed by atoms with Crippen LogP contribution in [0.15, 0.2) is 79.5 Å². The van der Waals surface area contributed by atoms with E-state index in [1.54, 1.807) is 49.7 Å². The molecule has 0 spiro atoms. The normalized spacial score (nSPS) is 12.5. The van der Waals surface area contributed by atoms with E-state index in [9.17, 15) is 8.42 Å². The number of hydrogen-bond donors (Lipinski definition) is 1. The summed E-state index contributed by atoms with van der Waals surface area (Å²) in [5.74, 6) is 0.661. The number of benzene rings is 2. The maximum absolute atomic E-state index is 13.1. The van der Waals surface area contributed by atoms with Crippen molar-refractivity contribution in [1.29, 1.82) is 0 Å². The van der Waals surface area contributed by atoms with Crippen LogP contribution < -0.4 is 9.46 Å². The van der Waals surface area contributed by atoms with Gasteiger partial charge in [-0.3, -0.25) is 9.71 Å². The molecule has 0 saturated heterocycles. The number of sulfonamides is 1. The van der Waals surface area contributed by atoms with Crippen LogP contribution in [0.25, 0.3) is 12.2 Å². The first-order chi connectivity index (χ1) is 14.4. The van der Waals surface area contributed by atoms with E-state index in [0.717, 1.165) is 16.8 Å². The number of aromatic nitrogens is 1. The maximum atomic E-state index is 13.1. The minimum Gasteiger partial charge on any atom is -0.497 e. The molecule has 0 amide bonds. The molecule has 1 aromatic heterocycles. The van der Waals surface area contributed by atoms with Crippen molar-refractivity contribution in [3.8, 4) is 5.75 Å². The van der Waals surface area contributed by atoms with Gasteiger partial charge in [-0.15, -0.1) is 6.58 Å². The smallest absolute Gasteiger partial charge is 0.243 e. The van der Waals surface area contributed by atoms with Crippen LogP contribution >= 0.6 is 0 Å². The van der Waals surface area contributed by atoms with E-state index in [1.165, 1.54) is 6.08 Å². The average molecular weight is 421 g/mol. The molecule has 6 heteroatoms. The van der Waals surface area contributed by atoms with E-state index < -0.39 is 15.3 Å². The molecule has 5 nitrogen and oxygen atoms in total. The zero-order valence-corrected chi connectivity index (χ0v) is 17.8. The molecule has 0 bridgehead atoms. The first kappa shape index (κ1) is 21.3. The van der Waals surface area contributed by atoms with Crippen LogP contribution in [0.1, 0.15) is 27.6 Å². The highest BCUT2D eigenvalue weighted by Crippen LogP contribution is 2.29. The molecule has 1 atom stereocenters. The molecule has 0 aliphatic carbocycles. The Morgan fingerprint density at radius 3 is 2.47 bits per heavy atom. The maximum Gasteiger partial charge on any atom is 0.243 e. The van der Waals surface area contributed by atoms with Crippen LogP contribution in [0, 0.1) is 6.92 Å². The Balaban J connectivity index is 1.88. The molecule has 30 heavy (non-hydrogen) atoms. The lowest BCUT2D eigenvalue weighted by molar-refractivity contribution is 0.414. The van der Waals surface area contributed by atoms with Crippen LogP contribution in [-0.2, 0) is 10.0 Å². The third kappa shape index (κ3) is 5.15. The number of anilines is 1. The Hall–Kier alpha value is -3.38. The predicted octanol–water partition coefficient (Wildman–Crippen LogP) is 5.24. The second-order valence-corrected chi connectivity index (χ2v) is 8.53. The van der Waals surface area contributed by atoms with Crippen LogP contribution in [-0.4, -0.2) is 20.5 Å². The van der Waals surface area contributed by atoms with Crippen molar-refractivity contribution in [3.05, 3.63) is 102 Å². The Kier molecular flexibility index (Phi) is 6.69. The van der Waals surface area contributed by atoms with Gasteiger partial charge in [0, 0.05) is 11.9 Å². The van der Waals surface area contributed by atoms with E-state index in [4.69, 9.17) is 4.74 Å². The molecular weight excluding hydrogens is 396 g/mol. The SMILES string of the molecule is C=CC(c1ccc(OC)cc1)S(=O)(=O)Nc1ccccc1C=Cc1ccnc(C)c1. The van der Waals surface area contributed by atoms with Crippen molar-refractivity contribution in [2.45, 2.75) is 12.2 Å². The zero-order valence-electron chi connectivity index (χ0n) is 16.9. The first-order valence-electron chi connectivity index (χ1n) is 9.41. The Labute approximate surface area is 177 Å². The molecular formula is C24H24N2O3S. The number of pyridine rings is 1. The second-order valence-electron chi connectivity index (χ2n) is 6.73. The van der Waals surface area contributed by atoms with Gasteiger partial charge in [0.25, 0.3) is 0 Å². The standard InChI is InChI=1S/C24H24N2O3S/c1-4-24(21-11-13-22(29-3)14-12-21)30(27,28)26-23-8-6-5-7-20(23)10-9-19-15-16-25-18(2)17-19/h4-17,24,26H,1H2,2-3H3. The summed E-state index contributed by atoms with van der Waals surface area (Å²) in [4.78, 5) is 4.19. The monoisotopic (exact) mass is 420 g/mol. The van der Waals surface area contributed by atoms with Gasteiger partial charge in [0.1, 0.15) is 11.0 Å². The number of hydrogen-bond acceptors (Lipinski definition) is 4.